The Kier molecular flexibility index (Phi) is 8.95. The Morgan fingerprint density at radius 1 is 1.38 bits per heavy atom. The van der Waals surface area contributed by atoms with Crippen LogP contribution in [0.25, 0.3) is 0 Å². The molecule has 0 aromatic carbocycles. The summed E-state index contributed by atoms with van der Waals surface area (Å²) in [6.45, 7) is 0. The fourth-order valence-corrected chi connectivity index (χ4v) is 5.78. The Bertz CT molecular complexity index is 1400. The molecule has 2 aromatic rings. The highest BCUT2D eigenvalue weighted by atomic mass is 32.2. The van der Waals surface area contributed by atoms with Gasteiger partial charge in [-0.3, -0.25) is 24.2 Å². The van der Waals surface area contributed by atoms with Gasteiger partial charge in [-0.2, -0.15) is 4.98 Å². The van der Waals surface area contributed by atoms with Crippen molar-refractivity contribution in [2.45, 2.75) is 16.6 Å². The van der Waals surface area contributed by atoms with Crippen LogP contribution in [0.15, 0.2) is 36.6 Å². The maximum atomic E-state index is 12.8. The molecular formula is C18H20N8O8S3. The molecule has 198 valence electrons. The molecule has 1 unspecified atom stereocenters. The van der Waals surface area contributed by atoms with E-state index in [9.17, 15) is 34.2 Å². The first-order valence-electron chi connectivity index (χ1n) is 10.0. The molecule has 1 aliphatic rings. The van der Waals surface area contributed by atoms with Crippen LogP contribution in [0.3, 0.4) is 0 Å². The Balaban J connectivity index is 1.79. The number of nitrogens with two attached hydrogens (primary N) is 1. The van der Waals surface area contributed by atoms with Crippen molar-refractivity contribution in [3.05, 3.63) is 43.1 Å². The molecule has 3 heterocycles. The van der Waals surface area contributed by atoms with Gasteiger partial charge in [0.15, 0.2) is 22.0 Å². The third-order valence-corrected chi connectivity index (χ3v) is 7.69. The fraction of sp³-hybridized carbons (Fsp3) is 0.333. The molecule has 16 nitrogen and oxygen atoms in total. The van der Waals surface area contributed by atoms with Gasteiger partial charge in [-0.15, -0.1) is 23.1 Å². The second-order valence-corrected chi connectivity index (χ2v) is 10.1. The average molecular weight is 573 g/mol. The molecule has 0 fully saturated rings. The number of aromatic nitrogens is 4. The van der Waals surface area contributed by atoms with Gasteiger partial charge in [0.2, 0.25) is 0 Å². The van der Waals surface area contributed by atoms with Crippen molar-refractivity contribution >= 4 is 63.5 Å². The van der Waals surface area contributed by atoms with E-state index in [1.54, 1.807) is 0 Å². The number of oxime groups is 1. The number of nitrogens with one attached hydrogen (secondary N) is 3. The molecule has 19 heteroatoms. The highest BCUT2D eigenvalue weighted by Gasteiger charge is 2.37. The zero-order chi connectivity index (χ0) is 27.3. The summed E-state index contributed by atoms with van der Waals surface area (Å²) in [7, 11) is 2.66. The van der Waals surface area contributed by atoms with Crippen LogP contribution in [0.1, 0.15) is 5.69 Å². The van der Waals surface area contributed by atoms with Crippen LogP contribution < -0.4 is 27.5 Å². The highest BCUT2D eigenvalue weighted by Crippen LogP contribution is 2.28. The van der Waals surface area contributed by atoms with Crippen LogP contribution in [0, 0.1) is 0 Å². The number of nitrogens with zero attached hydrogens (tertiary/aromatic N) is 4. The van der Waals surface area contributed by atoms with Crippen molar-refractivity contribution in [1.29, 1.82) is 0 Å². The topological polar surface area (TPSA) is 244 Å². The molecule has 0 spiro atoms. The number of carbonyl (C=O) groups is 3. The maximum Gasteiger partial charge on any atom is 0.352 e. The summed E-state index contributed by atoms with van der Waals surface area (Å²) in [6, 6.07) is -1.57. The van der Waals surface area contributed by atoms with Gasteiger partial charge in [0, 0.05) is 23.9 Å². The Morgan fingerprint density at radius 3 is 2.70 bits per heavy atom. The first kappa shape index (κ1) is 27.7. The maximum absolute atomic E-state index is 12.8. The van der Waals surface area contributed by atoms with Crippen LogP contribution in [-0.4, -0.2) is 83.6 Å². The molecular weight excluding hydrogens is 552 g/mol. The van der Waals surface area contributed by atoms with E-state index in [-0.39, 0.29) is 38.9 Å². The molecule has 3 rings (SSSR count). The van der Waals surface area contributed by atoms with E-state index >= 15 is 0 Å². The molecule has 37 heavy (non-hydrogen) atoms. The smallest absolute Gasteiger partial charge is 0.352 e. The second-order valence-electron chi connectivity index (χ2n) is 7.13. The Labute approximate surface area is 219 Å². The van der Waals surface area contributed by atoms with E-state index < -0.39 is 40.4 Å². The SMILES string of the molecule is CO/N=C(\C(=O)N[C@@H](C(=O)O)C1NC(C(=O)O)=C(CSc2nc(=O)c(=O)[nH]n2C)CS1)c1csc(N)n1. The minimum Gasteiger partial charge on any atom is -0.480 e. The van der Waals surface area contributed by atoms with Crippen LogP contribution in [-0.2, 0) is 26.3 Å². The van der Waals surface area contributed by atoms with E-state index in [0.717, 1.165) is 34.9 Å². The lowest BCUT2D eigenvalue weighted by Gasteiger charge is -2.31. The van der Waals surface area contributed by atoms with Crippen molar-refractivity contribution in [2.75, 3.05) is 24.3 Å². The third-order valence-electron chi connectivity index (χ3n) is 4.63. The van der Waals surface area contributed by atoms with Crippen LogP contribution in [0.2, 0.25) is 0 Å². The van der Waals surface area contributed by atoms with Gasteiger partial charge < -0.3 is 31.4 Å². The minimum atomic E-state index is -1.57. The number of carboxylic acids is 2. The number of aromatic amines is 1. The van der Waals surface area contributed by atoms with E-state index in [0.29, 0.717) is 5.57 Å². The average Bonchev–Trinajstić information content (AvgIpc) is 3.27. The van der Waals surface area contributed by atoms with Crippen molar-refractivity contribution in [3.63, 3.8) is 0 Å². The van der Waals surface area contributed by atoms with Crippen molar-refractivity contribution in [2.24, 2.45) is 12.2 Å². The summed E-state index contributed by atoms with van der Waals surface area (Å²) in [6.07, 6.45) is 0. The molecule has 2 atom stereocenters. The van der Waals surface area contributed by atoms with Crippen LogP contribution in [0.4, 0.5) is 5.13 Å². The zero-order valence-corrected chi connectivity index (χ0v) is 21.5. The lowest BCUT2D eigenvalue weighted by atomic mass is 10.2. The van der Waals surface area contributed by atoms with Gasteiger partial charge in [-0.25, -0.2) is 14.6 Å². The molecule has 0 bridgehead atoms. The van der Waals surface area contributed by atoms with Gasteiger partial charge in [0.25, 0.3) is 5.91 Å². The van der Waals surface area contributed by atoms with Gasteiger partial charge in [-0.05, 0) is 5.57 Å². The number of aliphatic carboxylic acids is 2. The molecule has 1 amide bonds. The molecule has 0 saturated heterocycles. The molecule has 1 aliphatic heterocycles. The van der Waals surface area contributed by atoms with Gasteiger partial charge in [0.1, 0.15) is 23.9 Å². The number of nitrogen functional groups attached to an aromatic ring is 1. The quantitative estimate of drug-likeness (QED) is 0.0798. The Hall–Kier alpha value is -3.84. The third kappa shape index (κ3) is 6.68. The molecule has 7 N–H and O–H groups in total. The number of thioether (sulfide) groups is 2. The summed E-state index contributed by atoms with van der Waals surface area (Å²) in [5, 5.41) is 31.1. The predicted octanol–water partition coefficient (Wildman–Crippen LogP) is -1.78. The molecule has 0 radical (unpaired) electrons. The molecule has 0 aliphatic carbocycles. The van der Waals surface area contributed by atoms with Crippen molar-refractivity contribution in [3.8, 4) is 0 Å². The first-order chi connectivity index (χ1) is 17.5. The molecule has 2 aromatic heterocycles. The fourth-order valence-electron chi connectivity index (χ4n) is 2.96. The van der Waals surface area contributed by atoms with E-state index in [4.69, 9.17) is 5.73 Å². The number of rotatable bonds is 10. The highest BCUT2D eigenvalue weighted by molar-refractivity contribution is 8.00. The summed E-state index contributed by atoms with van der Waals surface area (Å²) < 4.78 is 1.23. The summed E-state index contributed by atoms with van der Waals surface area (Å²) >= 11 is 3.10. The number of anilines is 1. The number of thiazole rings is 1. The lowest BCUT2D eigenvalue weighted by Crippen LogP contribution is -2.56. The van der Waals surface area contributed by atoms with Crippen molar-refractivity contribution < 1.29 is 29.4 Å². The zero-order valence-electron chi connectivity index (χ0n) is 19.1. The number of hydrogen-bond donors (Lipinski definition) is 6. The number of hydrogen-bond acceptors (Lipinski definition) is 14. The largest absolute Gasteiger partial charge is 0.480 e. The number of carboxylic acid groups (broad SMARTS) is 2. The predicted molar refractivity (Wildman–Crippen MR) is 135 cm³/mol. The van der Waals surface area contributed by atoms with Crippen molar-refractivity contribution in [1.82, 2.24) is 30.4 Å². The van der Waals surface area contributed by atoms with Gasteiger partial charge in [0.05, 0.1) is 0 Å². The first-order valence-corrected chi connectivity index (χ1v) is 12.9. The standard InChI is InChI=1S/C18H20N8O8S3/c1-26-18(23-12(28)13(29)24-26)37-4-6-3-35-14(22-8(6)15(30)31)10(16(32)33)21-11(27)9(25-34-2)7-5-36-17(19)20-7/h5,10,14,22H,3-4H2,1-2H3,(H2,19,20)(H,21,27)(H,24,29)(H,30,31)(H,32,33)/b25-9-/t10-,14?/m1/s1. The summed E-state index contributed by atoms with van der Waals surface area (Å²) in [4.78, 5) is 72.0. The summed E-state index contributed by atoms with van der Waals surface area (Å²) in [5.74, 6) is -3.54. The Morgan fingerprint density at radius 2 is 2.11 bits per heavy atom. The normalized spacial score (nSPS) is 16.6. The number of H-pyrrole nitrogens is 1. The lowest BCUT2D eigenvalue weighted by molar-refractivity contribution is -0.141. The van der Waals surface area contributed by atoms with E-state index in [1.165, 1.54) is 24.2 Å². The van der Waals surface area contributed by atoms with Crippen LogP contribution in [0.5, 0.6) is 0 Å². The van der Waals surface area contributed by atoms with Gasteiger partial charge in [-0.1, -0.05) is 16.9 Å². The monoisotopic (exact) mass is 572 g/mol. The number of amides is 1. The number of aryl methyl sites for hydroxylation is 1. The van der Waals surface area contributed by atoms with Gasteiger partial charge >= 0.3 is 23.1 Å². The minimum absolute atomic E-state index is 0.0701. The van der Waals surface area contributed by atoms with E-state index in [1.807, 2.05) is 0 Å². The second kappa shape index (κ2) is 11.9. The van der Waals surface area contributed by atoms with Crippen LogP contribution >= 0.6 is 34.9 Å². The molecule has 0 saturated carbocycles. The van der Waals surface area contributed by atoms with E-state index in [2.05, 4.69) is 35.7 Å². The number of carbonyl (C=O) groups excluding carboxylic acids is 1. The summed E-state index contributed by atoms with van der Waals surface area (Å²) in [5.41, 5.74) is 3.60.